The van der Waals surface area contributed by atoms with Crippen molar-refractivity contribution in [3.63, 3.8) is 0 Å². The Bertz CT molecular complexity index is 912. The van der Waals surface area contributed by atoms with Crippen molar-refractivity contribution in [1.29, 1.82) is 0 Å². The number of nitrogens with zero attached hydrogens (tertiary/aromatic N) is 2. The van der Waals surface area contributed by atoms with Crippen LogP contribution in [0.2, 0.25) is 4.34 Å². The third kappa shape index (κ3) is 3.77. The molecule has 7 heteroatoms. The van der Waals surface area contributed by atoms with Crippen molar-refractivity contribution in [2.24, 2.45) is 0 Å². The second-order valence-corrected chi connectivity index (χ2v) is 7.10. The van der Waals surface area contributed by atoms with E-state index in [4.69, 9.17) is 16.0 Å². The van der Waals surface area contributed by atoms with Crippen molar-refractivity contribution < 1.29 is 9.21 Å². The average Bonchev–Trinajstić information content (AvgIpc) is 3.18. The number of hydrogen-bond donors (Lipinski definition) is 0. The lowest BCUT2D eigenvalue weighted by atomic mass is 10.3. The highest BCUT2D eigenvalue weighted by Gasteiger charge is 2.17. The van der Waals surface area contributed by atoms with Gasteiger partial charge in [-0.3, -0.25) is 9.59 Å². The molecule has 3 rings (SSSR count). The lowest BCUT2D eigenvalue weighted by molar-refractivity contribution is 0.0752. The van der Waals surface area contributed by atoms with Crippen LogP contribution in [0.4, 0.5) is 0 Å². The van der Waals surface area contributed by atoms with Crippen LogP contribution in [0, 0.1) is 0 Å². The second-order valence-electron chi connectivity index (χ2n) is 5.30. The van der Waals surface area contributed by atoms with E-state index in [1.807, 2.05) is 12.1 Å². The highest BCUT2D eigenvalue weighted by Crippen LogP contribution is 2.23. The van der Waals surface area contributed by atoms with Gasteiger partial charge in [0.2, 0.25) is 0 Å². The van der Waals surface area contributed by atoms with Gasteiger partial charge in [0.1, 0.15) is 5.76 Å². The molecule has 0 saturated carbocycles. The van der Waals surface area contributed by atoms with Crippen LogP contribution in [0.25, 0.3) is 0 Å². The molecule has 0 N–H and O–H groups in total. The largest absolute Gasteiger partial charge is 0.454 e. The predicted molar refractivity (Wildman–Crippen MR) is 93.6 cm³/mol. The molecule has 0 saturated heterocycles. The summed E-state index contributed by atoms with van der Waals surface area (Å²) in [4.78, 5) is 26.7. The Hall–Kier alpha value is -2.31. The quantitative estimate of drug-likeness (QED) is 0.698. The minimum absolute atomic E-state index is 0.117. The zero-order valence-corrected chi connectivity index (χ0v) is 14.5. The van der Waals surface area contributed by atoms with Crippen LogP contribution >= 0.6 is 22.9 Å². The smallest absolute Gasteiger partial charge is 0.289 e. The molecular formula is C17H15ClN2O3S. The number of aromatic nitrogens is 1. The van der Waals surface area contributed by atoms with Crippen molar-refractivity contribution in [2.75, 3.05) is 7.05 Å². The van der Waals surface area contributed by atoms with E-state index in [0.717, 1.165) is 4.88 Å². The number of pyridine rings is 1. The molecule has 0 aliphatic heterocycles. The van der Waals surface area contributed by atoms with Gasteiger partial charge in [-0.15, -0.1) is 11.3 Å². The van der Waals surface area contributed by atoms with E-state index in [2.05, 4.69) is 0 Å². The van der Waals surface area contributed by atoms with Gasteiger partial charge in [0.25, 0.3) is 11.5 Å². The van der Waals surface area contributed by atoms with Crippen LogP contribution in [0.3, 0.4) is 0 Å². The van der Waals surface area contributed by atoms with Crippen molar-refractivity contribution in [1.82, 2.24) is 9.47 Å². The zero-order valence-electron chi connectivity index (χ0n) is 12.9. The topological polar surface area (TPSA) is 55.5 Å². The first-order chi connectivity index (χ1) is 11.5. The molecule has 0 aliphatic rings. The van der Waals surface area contributed by atoms with Crippen LogP contribution in [0.15, 0.2) is 57.9 Å². The first kappa shape index (κ1) is 16.5. The summed E-state index contributed by atoms with van der Waals surface area (Å²) in [6, 6.07) is 12.0. The summed E-state index contributed by atoms with van der Waals surface area (Å²) in [5.41, 5.74) is -0.117. The Labute approximate surface area is 147 Å². The maximum atomic E-state index is 12.4. The van der Waals surface area contributed by atoms with Crippen molar-refractivity contribution in [3.8, 4) is 0 Å². The summed E-state index contributed by atoms with van der Waals surface area (Å²) in [5.74, 6) is 0.588. The normalized spacial score (nSPS) is 10.8. The van der Waals surface area contributed by atoms with E-state index >= 15 is 0 Å². The Kier molecular flexibility index (Phi) is 4.87. The fraction of sp³-hybridized carbons (Fsp3) is 0.176. The summed E-state index contributed by atoms with van der Waals surface area (Å²) in [5, 5.41) is 0. The van der Waals surface area contributed by atoms with Gasteiger partial charge in [-0.1, -0.05) is 17.7 Å². The maximum absolute atomic E-state index is 12.4. The van der Waals surface area contributed by atoms with E-state index in [-0.39, 0.29) is 23.8 Å². The molecule has 24 heavy (non-hydrogen) atoms. The van der Waals surface area contributed by atoms with Crippen LogP contribution in [0.5, 0.6) is 0 Å². The first-order valence-electron chi connectivity index (χ1n) is 7.27. The zero-order chi connectivity index (χ0) is 17.1. The molecular weight excluding hydrogens is 348 g/mol. The van der Waals surface area contributed by atoms with Gasteiger partial charge in [0.05, 0.1) is 17.4 Å². The van der Waals surface area contributed by atoms with Crippen LogP contribution in [-0.2, 0) is 13.1 Å². The van der Waals surface area contributed by atoms with Gasteiger partial charge in [0, 0.05) is 24.2 Å². The molecule has 3 aromatic rings. The minimum atomic E-state index is -0.216. The Morgan fingerprint density at radius 1 is 1.25 bits per heavy atom. The molecule has 0 bridgehead atoms. The molecule has 0 atom stereocenters. The van der Waals surface area contributed by atoms with E-state index < -0.39 is 0 Å². The Morgan fingerprint density at radius 3 is 2.79 bits per heavy atom. The second kappa shape index (κ2) is 7.07. The first-order valence-corrected chi connectivity index (χ1v) is 8.46. The molecule has 1 amide bonds. The number of carbonyl (C=O) groups is 1. The molecule has 0 unspecified atom stereocenters. The SMILES string of the molecule is CN(Cc1ccc(Cl)s1)C(=O)c1ccc(Cn2ccccc2=O)o1. The summed E-state index contributed by atoms with van der Waals surface area (Å²) < 4.78 is 7.81. The Balaban J connectivity index is 1.69. The summed E-state index contributed by atoms with van der Waals surface area (Å²) >= 11 is 7.34. The molecule has 124 valence electrons. The number of furan rings is 1. The number of thiophene rings is 1. The molecule has 0 fully saturated rings. The monoisotopic (exact) mass is 362 g/mol. The van der Waals surface area contributed by atoms with Gasteiger partial charge in [0.15, 0.2) is 5.76 Å². The van der Waals surface area contributed by atoms with E-state index in [9.17, 15) is 9.59 Å². The fourth-order valence-corrected chi connectivity index (χ4v) is 3.41. The third-order valence-corrected chi connectivity index (χ3v) is 4.68. The van der Waals surface area contributed by atoms with Crippen LogP contribution < -0.4 is 5.56 Å². The third-order valence-electron chi connectivity index (χ3n) is 3.47. The lowest BCUT2D eigenvalue weighted by Crippen LogP contribution is -2.25. The van der Waals surface area contributed by atoms with E-state index in [1.165, 1.54) is 22.0 Å². The standard InChI is InChI=1S/C17H15ClN2O3S/c1-19(11-13-6-8-15(18)24-13)17(22)14-7-5-12(23-14)10-20-9-3-2-4-16(20)21/h2-9H,10-11H2,1H3. The fourth-order valence-electron chi connectivity index (χ4n) is 2.27. The lowest BCUT2D eigenvalue weighted by Gasteiger charge is -2.14. The van der Waals surface area contributed by atoms with Crippen molar-refractivity contribution in [2.45, 2.75) is 13.1 Å². The van der Waals surface area contributed by atoms with Gasteiger partial charge >= 0.3 is 0 Å². The average molecular weight is 363 g/mol. The number of halogens is 1. The van der Waals surface area contributed by atoms with Crippen molar-refractivity contribution in [3.05, 3.63) is 79.7 Å². The molecule has 0 radical (unpaired) electrons. The number of rotatable bonds is 5. The summed E-state index contributed by atoms with van der Waals surface area (Å²) in [7, 11) is 1.71. The predicted octanol–water partition coefficient (Wildman–Crippen LogP) is 3.48. The van der Waals surface area contributed by atoms with Crippen molar-refractivity contribution >= 4 is 28.8 Å². The van der Waals surface area contributed by atoms with Gasteiger partial charge in [-0.25, -0.2) is 0 Å². The van der Waals surface area contributed by atoms with Gasteiger partial charge in [-0.2, -0.15) is 0 Å². The molecule has 0 aliphatic carbocycles. The molecule has 5 nitrogen and oxygen atoms in total. The Morgan fingerprint density at radius 2 is 2.08 bits per heavy atom. The summed E-state index contributed by atoms with van der Waals surface area (Å²) in [6.45, 7) is 0.752. The number of carbonyl (C=O) groups excluding carboxylic acids is 1. The van der Waals surface area contributed by atoms with E-state index in [0.29, 0.717) is 16.6 Å². The maximum Gasteiger partial charge on any atom is 0.289 e. The highest BCUT2D eigenvalue weighted by molar-refractivity contribution is 7.16. The molecule has 0 aromatic carbocycles. The van der Waals surface area contributed by atoms with Crippen LogP contribution in [-0.4, -0.2) is 22.4 Å². The van der Waals surface area contributed by atoms with Crippen LogP contribution in [0.1, 0.15) is 21.2 Å². The van der Waals surface area contributed by atoms with Gasteiger partial charge < -0.3 is 13.9 Å². The minimum Gasteiger partial charge on any atom is -0.454 e. The molecule has 3 aromatic heterocycles. The summed E-state index contributed by atoms with van der Waals surface area (Å²) in [6.07, 6.45) is 1.68. The number of amides is 1. The highest BCUT2D eigenvalue weighted by atomic mass is 35.5. The molecule has 3 heterocycles. The van der Waals surface area contributed by atoms with E-state index in [1.54, 1.807) is 42.4 Å². The number of hydrogen-bond acceptors (Lipinski definition) is 4. The molecule has 0 spiro atoms. The van der Waals surface area contributed by atoms with Gasteiger partial charge in [-0.05, 0) is 30.3 Å².